The second-order valence-electron chi connectivity index (χ2n) is 7.35. The Balaban J connectivity index is 1.39. The predicted octanol–water partition coefficient (Wildman–Crippen LogP) is 4.05. The van der Waals surface area contributed by atoms with E-state index in [0.717, 1.165) is 29.0 Å². The summed E-state index contributed by atoms with van der Waals surface area (Å²) in [6, 6.07) is 15.4. The molecule has 1 fully saturated rings. The average Bonchev–Trinajstić information content (AvgIpc) is 3.41. The van der Waals surface area contributed by atoms with Gasteiger partial charge in [0.1, 0.15) is 11.5 Å². The summed E-state index contributed by atoms with van der Waals surface area (Å²) in [6.45, 7) is 3.90. The maximum atomic E-state index is 12.5. The molecule has 2 heterocycles. The highest BCUT2D eigenvalue weighted by molar-refractivity contribution is 5.79. The smallest absolute Gasteiger partial charge is 0.232 e. The molecule has 1 aromatic heterocycles. The second-order valence-corrected chi connectivity index (χ2v) is 7.35. The Hall–Kier alpha value is -3.35. The summed E-state index contributed by atoms with van der Waals surface area (Å²) in [4.78, 5) is 18.9. The molecule has 30 heavy (non-hydrogen) atoms. The Morgan fingerprint density at radius 1 is 1.10 bits per heavy atom. The van der Waals surface area contributed by atoms with E-state index < -0.39 is 0 Å². The van der Waals surface area contributed by atoms with Crippen molar-refractivity contribution in [2.24, 2.45) is 0 Å². The highest BCUT2D eigenvalue weighted by atomic mass is 16.5. The Labute approximate surface area is 175 Å². The molecule has 0 spiro atoms. The molecular formula is C23H25N3O4. The average molecular weight is 407 g/mol. The van der Waals surface area contributed by atoms with Crippen LogP contribution < -0.4 is 9.47 Å². The molecule has 0 saturated carbocycles. The summed E-state index contributed by atoms with van der Waals surface area (Å²) in [6.07, 6.45) is 1.35. The van der Waals surface area contributed by atoms with E-state index >= 15 is 0 Å². The van der Waals surface area contributed by atoms with Gasteiger partial charge in [0.25, 0.3) is 0 Å². The van der Waals surface area contributed by atoms with E-state index in [1.54, 1.807) is 7.11 Å². The minimum Gasteiger partial charge on any atom is -0.497 e. The summed E-state index contributed by atoms with van der Waals surface area (Å²) >= 11 is 0. The molecule has 0 aliphatic carbocycles. The Bertz CT molecular complexity index is 982. The van der Waals surface area contributed by atoms with Crippen LogP contribution in [0, 0.1) is 0 Å². The van der Waals surface area contributed by atoms with Gasteiger partial charge >= 0.3 is 0 Å². The van der Waals surface area contributed by atoms with Crippen LogP contribution in [0.3, 0.4) is 0 Å². The van der Waals surface area contributed by atoms with Crippen LogP contribution >= 0.6 is 0 Å². The molecule has 1 atom stereocenters. The molecule has 1 amide bonds. The molecule has 0 N–H and O–H groups in total. The van der Waals surface area contributed by atoms with Gasteiger partial charge in [0, 0.05) is 25.1 Å². The van der Waals surface area contributed by atoms with Gasteiger partial charge in [-0.15, -0.1) is 0 Å². The van der Waals surface area contributed by atoms with Crippen molar-refractivity contribution in [2.45, 2.75) is 32.2 Å². The predicted molar refractivity (Wildman–Crippen MR) is 111 cm³/mol. The number of methoxy groups -OCH3 is 1. The third-order valence-corrected chi connectivity index (χ3v) is 5.12. The zero-order valence-electron chi connectivity index (χ0n) is 17.2. The van der Waals surface area contributed by atoms with Crippen molar-refractivity contribution in [2.75, 3.05) is 20.3 Å². The van der Waals surface area contributed by atoms with Gasteiger partial charge in [-0.05, 0) is 48.4 Å². The number of hydrogen-bond donors (Lipinski definition) is 0. The number of ether oxygens (including phenoxy) is 2. The molecule has 0 radical (unpaired) electrons. The molecule has 2 aromatic carbocycles. The van der Waals surface area contributed by atoms with Crippen LogP contribution in [0.2, 0.25) is 0 Å². The summed E-state index contributed by atoms with van der Waals surface area (Å²) in [5.74, 6) is 2.63. The summed E-state index contributed by atoms with van der Waals surface area (Å²) in [5, 5.41) is 4.08. The van der Waals surface area contributed by atoms with Gasteiger partial charge in [-0.2, -0.15) is 4.98 Å². The lowest BCUT2D eigenvalue weighted by molar-refractivity contribution is -0.128. The standard InChI is InChI=1S/C23H25N3O4/c1-3-12-29-20-8-4-16(5-9-20)14-26-15-18(13-21(26)27)23-24-22(25-30-23)17-6-10-19(28-2)11-7-17/h4-11,18H,3,12-15H2,1-2H3. The number of carbonyl (C=O) groups is 1. The van der Waals surface area contributed by atoms with Crippen LogP contribution in [-0.2, 0) is 11.3 Å². The van der Waals surface area contributed by atoms with E-state index in [1.807, 2.05) is 53.4 Å². The maximum absolute atomic E-state index is 12.5. The molecule has 1 saturated heterocycles. The third kappa shape index (κ3) is 4.45. The van der Waals surface area contributed by atoms with Crippen LogP contribution in [-0.4, -0.2) is 41.2 Å². The molecule has 4 rings (SSSR count). The van der Waals surface area contributed by atoms with E-state index in [0.29, 0.717) is 37.8 Å². The van der Waals surface area contributed by atoms with Gasteiger partial charge < -0.3 is 18.9 Å². The van der Waals surface area contributed by atoms with Crippen LogP contribution in [0.15, 0.2) is 53.1 Å². The van der Waals surface area contributed by atoms with E-state index in [4.69, 9.17) is 14.0 Å². The molecule has 7 heteroatoms. The summed E-state index contributed by atoms with van der Waals surface area (Å²) in [5.41, 5.74) is 1.91. The van der Waals surface area contributed by atoms with E-state index in [-0.39, 0.29) is 11.8 Å². The monoisotopic (exact) mass is 407 g/mol. The number of rotatable bonds is 8. The molecule has 1 unspecified atom stereocenters. The fraction of sp³-hybridized carbons (Fsp3) is 0.348. The van der Waals surface area contributed by atoms with Crippen molar-refractivity contribution in [3.05, 3.63) is 60.0 Å². The Morgan fingerprint density at radius 2 is 1.83 bits per heavy atom. The first-order valence-corrected chi connectivity index (χ1v) is 10.1. The first-order valence-electron chi connectivity index (χ1n) is 10.1. The molecule has 0 bridgehead atoms. The lowest BCUT2D eigenvalue weighted by atomic mass is 10.1. The topological polar surface area (TPSA) is 77.7 Å². The van der Waals surface area contributed by atoms with Crippen molar-refractivity contribution < 1.29 is 18.8 Å². The van der Waals surface area contributed by atoms with Gasteiger partial charge in [-0.25, -0.2) is 0 Å². The number of nitrogens with zero attached hydrogens (tertiary/aromatic N) is 3. The lowest BCUT2D eigenvalue weighted by Crippen LogP contribution is -2.24. The van der Waals surface area contributed by atoms with Gasteiger partial charge in [0.2, 0.25) is 17.6 Å². The van der Waals surface area contributed by atoms with Gasteiger partial charge in [-0.1, -0.05) is 24.2 Å². The second kappa shape index (κ2) is 8.98. The summed E-state index contributed by atoms with van der Waals surface area (Å²) < 4.78 is 16.3. The Morgan fingerprint density at radius 3 is 2.53 bits per heavy atom. The summed E-state index contributed by atoms with van der Waals surface area (Å²) in [7, 11) is 1.62. The van der Waals surface area contributed by atoms with E-state index in [1.165, 1.54) is 0 Å². The largest absolute Gasteiger partial charge is 0.497 e. The van der Waals surface area contributed by atoms with Gasteiger partial charge in [-0.3, -0.25) is 4.79 Å². The van der Waals surface area contributed by atoms with Crippen molar-refractivity contribution >= 4 is 5.91 Å². The van der Waals surface area contributed by atoms with E-state index in [9.17, 15) is 4.79 Å². The first kappa shape index (κ1) is 19.9. The Kier molecular flexibility index (Phi) is 5.97. The highest BCUT2D eigenvalue weighted by Gasteiger charge is 2.34. The third-order valence-electron chi connectivity index (χ3n) is 5.12. The van der Waals surface area contributed by atoms with Crippen LogP contribution in [0.1, 0.15) is 37.1 Å². The first-order chi connectivity index (χ1) is 14.7. The fourth-order valence-electron chi connectivity index (χ4n) is 3.48. The van der Waals surface area contributed by atoms with Crippen molar-refractivity contribution in [3.63, 3.8) is 0 Å². The number of aromatic nitrogens is 2. The fourth-order valence-corrected chi connectivity index (χ4v) is 3.48. The molecule has 156 valence electrons. The van der Waals surface area contributed by atoms with Gasteiger partial charge in [0.05, 0.1) is 19.6 Å². The van der Waals surface area contributed by atoms with Crippen molar-refractivity contribution in [3.8, 4) is 22.9 Å². The zero-order chi connectivity index (χ0) is 20.9. The molecular weight excluding hydrogens is 382 g/mol. The minimum absolute atomic E-state index is 0.0931. The van der Waals surface area contributed by atoms with Crippen LogP contribution in [0.5, 0.6) is 11.5 Å². The van der Waals surface area contributed by atoms with Gasteiger partial charge in [0.15, 0.2) is 0 Å². The molecule has 3 aromatic rings. The normalized spacial score (nSPS) is 16.1. The van der Waals surface area contributed by atoms with E-state index in [2.05, 4.69) is 17.1 Å². The maximum Gasteiger partial charge on any atom is 0.232 e. The SMILES string of the molecule is CCCOc1ccc(CN2CC(c3nc(-c4ccc(OC)cc4)no3)CC2=O)cc1. The van der Waals surface area contributed by atoms with Crippen molar-refractivity contribution in [1.29, 1.82) is 0 Å². The highest BCUT2D eigenvalue weighted by Crippen LogP contribution is 2.30. The number of benzene rings is 2. The number of likely N-dealkylation sites (tertiary alicyclic amines) is 1. The lowest BCUT2D eigenvalue weighted by Gasteiger charge is -2.16. The minimum atomic E-state index is -0.0934. The van der Waals surface area contributed by atoms with Crippen LogP contribution in [0.25, 0.3) is 11.4 Å². The number of carbonyl (C=O) groups excluding carboxylic acids is 1. The molecule has 1 aliphatic rings. The zero-order valence-corrected chi connectivity index (χ0v) is 17.2. The van der Waals surface area contributed by atoms with Crippen LogP contribution in [0.4, 0.5) is 0 Å². The molecule has 7 nitrogen and oxygen atoms in total. The quantitative estimate of drug-likeness (QED) is 0.561. The van der Waals surface area contributed by atoms with Crippen molar-refractivity contribution in [1.82, 2.24) is 15.0 Å². The molecule has 1 aliphatic heterocycles. The number of hydrogen-bond acceptors (Lipinski definition) is 6. The number of amides is 1.